The second kappa shape index (κ2) is 7.33. The lowest BCUT2D eigenvalue weighted by molar-refractivity contribution is 0.0968. The number of aromatic nitrogens is 3. The van der Waals surface area contributed by atoms with Gasteiger partial charge in [0.2, 0.25) is 0 Å². The molecule has 0 aliphatic rings. The minimum absolute atomic E-state index is 0.286. The maximum Gasteiger partial charge on any atom is 0.262 e. The molecule has 25 heavy (non-hydrogen) atoms. The van der Waals surface area contributed by atoms with Gasteiger partial charge in [0.15, 0.2) is 5.65 Å². The van der Waals surface area contributed by atoms with Crippen molar-refractivity contribution in [1.29, 1.82) is 5.41 Å². The highest BCUT2D eigenvalue weighted by molar-refractivity contribution is 6.35. The number of carbonyl (C=O) groups is 1. The number of carbonyl (C=O) groups excluding carboxylic acids is 1. The van der Waals surface area contributed by atoms with Crippen LogP contribution in [-0.2, 0) is 0 Å². The normalized spacial score (nSPS) is 11.4. The van der Waals surface area contributed by atoms with Crippen molar-refractivity contribution in [3.05, 3.63) is 70.4 Å². The SMILES string of the molecule is N=C/C=C(/NC(=O)c1cnn2cccnc12)Nc1cc(Cl)cc(Cl)c1. The molecule has 0 radical (unpaired) electrons. The standard InChI is InChI=1S/C16H12Cl2N6O/c17-10-6-11(18)8-12(7-10)22-14(2-3-19)23-16(25)13-9-21-24-5-1-4-20-15(13)24/h1-9,19,22H,(H,23,25)/b14-2+,19-3?. The van der Waals surface area contributed by atoms with Gasteiger partial charge in [-0.05, 0) is 30.3 Å². The third-order valence-corrected chi connectivity index (χ3v) is 3.60. The van der Waals surface area contributed by atoms with E-state index < -0.39 is 5.91 Å². The van der Waals surface area contributed by atoms with Gasteiger partial charge < -0.3 is 16.0 Å². The largest absolute Gasteiger partial charge is 0.342 e. The van der Waals surface area contributed by atoms with Crippen molar-refractivity contribution in [3.63, 3.8) is 0 Å². The van der Waals surface area contributed by atoms with Gasteiger partial charge in [-0.3, -0.25) is 4.79 Å². The van der Waals surface area contributed by atoms with Crippen molar-refractivity contribution in [2.24, 2.45) is 0 Å². The molecule has 1 amide bonds. The Kier molecular flexibility index (Phi) is 4.97. The first-order valence-electron chi connectivity index (χ1n) is 7.10. The number of nitrogens with zero attached hydrogens (tertiary/aromatic N) is 3. The molecule has 3 aromatic rings. The summed E-state index contributed by atoms with van der Waals surface area (Å²) in [5, 5.41) is 17.9. The molecule has 0 spiro atoms. The quantitative estimate of drug-likeness (QED) is 0.596. The van der Waals surface area contributed by atoms with Gasteiger partial charge in [0.25, 0.3) is 5.91 Å². The topological polar surface area (TPSA) is 95.2 Å². The summed E-state index contributed by atoms with van der Waals surface area (Å²) in [6, 6.07) is 6.60. The highest BCUT2D eigenvalue weighted by Gasteiger charge is 2.15. The van der Waals surface area contributed by atoms with E-state index in [-0.39, 0.29) is 5.82 Å². The van der Waals surface area contributed by atoms with E-state index in [9.17, 15) is 4.79 Å². The van der Waals surface area contributed by atoms with E-state index >= 15 is 0 Å². The molecule has 7 nitrogen and oxygen atoms in total. The zero-order chi connectivity index (χ0) is 17.8. The highest BCUT2D eigenvalue weighted by atomic mass is 35.5. The van der Waals surface area contributed by atoms with Crippen LogP contribution in [0.25, 0.3) is 5.65 Å². The molecule has 2 aromatic heterocycles. The molecule has 0 aliphatic carbocycles. The van der Waals surface area contributed by atoms with Crippen LogP contribution < -0.4 is 10.6 Å². The van der Waals surface area contributed by atoms with Gasteiger partial charge in [-0.2, -0.15) is 5.10 Å². The molecule has 0 bridgehead atoms. The Morgan fingerprint density at radius 2 is 2.00 bits per heavy atom. The van der Waals surface area contributed by atoms with Gasteiger partial charge in [0.05, 0.1) is 6.20 Å². The maximum absolute atomic E-state index is 12.5. The van der Waals surface area contributed by atoms with Crippen molar-refractivity contribution < 1.29 is 4.79 Å². The molecule has 126 valence electrons. The molecule has 1 aromatic carbocycles. The van der Waals surface area contributed by atoms with Crippen LogP contribution in [0.4, 0.5) is 5.69 Å². The zero-order valence-corrected chi connectivity index (χ0v) is 14.2. The van der Waals surface area contributed by atoms with Gasteiger partial charge >= 0.3 is 0 Å². The number of nitrogens with one attached hydrogen (secondary N) is 3. The Hall–Kier alpha value is -2.90. The molecule has 2 heterocycles. The molecule has 0 saturated carbocycles. The minimum atomic E-state index is -0.414. The highest BCUT2D eigenvalue weighted by Crippen LogP contribution is 2.23. The number of anilines is 1. The van der Waals surface area contributed by atoms with Crippen LogP contribution in [0.1, 0.15) is 10.4 Å². The number of allylic oxidation sites excluding steroid dienone is 1. The Morgan fingerprint density at radius 1 is 1.24 bits per heavy atom. The monoisotopic (exact) mass is 374 g/mol. The average Bonchev–Trinajstić information content (AvgIpc) is 2.98. The fraction of sp³-hybridized carbons (Fsp3) is 0. The van der Waals surface area contributed by atoms with Crippen molar-refractivity contribution in [2.45, 2.75) is 0 Å². The van der Waals surface area contributed by atoms with Crippen molar-refractivity contribution in [3.8, 4) is 0 Å². The number of fused-ring (bicyclic) bond motifs is 1. The van der Waals surface area contributed by atoms with Crippen LogP contribution >= 0.6 is 23.2 Å². The molecular weight excluding hydrogens is 363 g/mol. The first-order chi connectivity index (χ1) is 12.1. The van der Waals surface area contributed by atoms with Gasteiger partial charge in [-0.25, -0.2) is 9.50 Å². The summed E-state index contributed by atoms with van der Waals surface area (Å²) in [6.45, 7) is 0. The Morgan fingerprint density at radius 3 is 2.72 bits per heavy atom. The first kappa shape index (κ1) is 16.9. The third-order valence-electron chi connectivity index (χ3n) is 3.16. The fourth-order valence-corrected chi connectivity index (χ4v) is 2.68. The van der Waals surface area contributed by atoms with E-state index in [1.165, 1.54) is 16.8 Å². The van der Waals surface area contributed by atoms with Gasteiger partial charge in [0.1, 0.15) is 11.4 Å². The maximum atomic E-state index is 12.5. The molecule has 3 rings (SSSR count). The van der Waals surface area contributed by atoms with Crippen LogP contribution in [0, 0.1) is 5.41 Å². The number of rotatable bonds is 5. The number of hydrogen-bond acceptors (Lipinski definition) is 5. The van der Waals surface area contributed by atoms with E-state index in [1.807, 2.05) is 0 Å². The minimum Gasteiger partial charge on any atom is -0.342 e. The molecular formula is C16H12Cl2N6O. The Balaban J connectivity index is 1.83. The van der Waals surface area contributed by atoms with Gasteiger partial charge in [-0.1, -0.05) is 23.2 Å². The smallest absolute Gasteiger partial charge is 0.262 e. The summed E-state index contributed by atoms with van der Waals surface area (Å²) < 4.78 is 1.50. The van der Waals surface area contributed by atoms with Crippen molar-refractivity contribution >= 4 is 46.7 Å². The predicted octanol–water partition coefficient (Wildman–Crippen LogP) is 3.37. The molecule has 9 heteroatoms. The van der Waals surface area contributed by atoms with Gasteiger partial charge in [-0.15, -0.1) is 0 Å². The first-order valence-corrected chi connectivity index (χ1v) is 7.86. The van der Waals surface area contributed by atoms with E-state index in [0.29, 0.717) is 26.9 Å². The van der Waals surface area contributed by atoms with Crippen molar-refractivity contribution in [2.75, 3.05) is 5.32 Å². The van der Waals surface area contributed by atoms with Crippen LogP contribution in [-0.4, -0.2) is 26.7 Å². The van der Waals surface area contributed by atoms with E-state index in [0.717, 1.165) is 6.21 Å². The number of hydrogen-bond donors (Lipinski definition) is 3. The molecule has 0 saturated heterocycles. The van der Waals surface area contributed by atoms with E-state index in [4.69, 9.17) is 28.6 Å². The summed E-state index contributed by atoms with van der Waals surface area (Å²) in [5.41, 5.74) is 1.31. The Bertz CT molecular complexity index is 961. The third kappa shape index (κ3) is 3.96. The van der Waals surface area contributed by atoms with Crippen LogP contribution in [0.3, 0.4) is 0 Å². The van der Waals surface area contributed by atoms with Gasteiger partial charge in [0, 0.05) is 34.3 Å². The lowest BCUT2D eigenvalue weighted by atomic mass is 10.3. The lowest BCUT2D eigenvalue weighted by Crippen LogP contribution is -2.27. The summed E-state index contributed by atoms with van der Waals surface area (Å²) in [7, 11) is 0. The molecule has 0 aliphatic heterocycles. The van der Waals surface area contributed by atoms with Crippen LogP contribution in [0.2, 0.25) is 10.0 Å². The number of amides is 1. The fourth-order valence-electron chi connectivity index (χ4n) is 2.16. The second-order valence-electron chi connectivity index (χ2n) is 4.93. The molecule has 0 fully saturated rings. The Labute approximate surface area is 152 Å². The summed E-state index contributed by atoms with van der Waals surface area (Å²) in [6.07, 6.45) is 7.14. The lowest BCUT2D eigenvalue weighted by Gasteiger charge is -2.12. The summed E-state index contributed by atoms with van der Waals surface area (Å²) in [4.78, 5) is 16.7. The molecule has 0 atom stereocenters. The zero-order valence-electron chi connectivity index (χ0n) is 12.7. The summed E-state index contributed by atoms with van der Waals surface area (Å²) in [5.74, 6) is -0.129. The van der Waals surface area contributed by atoms with E-state index in [2.05, 4.69) is 20.7 Å². The second-order valence-corrected chi connectivity index (χ2v) is 5.80. The number of benzene rings is 1. The molecule has 0 unspecified atom stereocenters. The van der Waals surface area contributed by atoms with Crippen molar-refractivity contribution in [1.82, 2.24) is 19.9 Å². The van der Waals surface area contributed by atoms with Crippen LogP contribution in [0.5, 0.6) is 0 Å². The van der Waals surface area contributed by atoms with E-state index in [1.54, 1.807) is 36.7 Å². The summed E-state index contributed by atoms with van der Waals surface area (Å²) >= 11 is 11.9. The average molecular weight is 375 g/mol. The number of halogens is 2. The predicted molar refractivity (Wildman–Crippen MR) is 97.4 cm³/mol. The van der Waals surface area contributed by atoms with Crippen LogP contribution in [0.15, 0.2) is 54.8 Å². The molecule has 3 N–H and O–H groups in total.